The Morgan fingerprint density at radius 2 is 2.05 bits per heavy atom. The van der Waals surface area contributed by atoms with Crippen LogP contribution >= 0.6 is 11.3 Å². The number of ether oxygens (including phenoxy) is 2. The average Bonchev–Trinajstić information content (AvgIpc) is 3.27. The summed E-state index contributed by atoms with van der Waals surface area (Å²) in [6.45, 7) is 9.23. The Hall–Kier alpha value is -3.66. The van der Waals surface area contributed by atoms with Gasteiger partial charge in [0.2, 0.25) is 15.0 Å². The summed E-state index contributed by atoms with van der Waals surface area (Å²) in [5.74, 6) is -0.685. The fourth-order valence-electron chi connectivity index (χ4n) is 4.94. The summed E-state index contributed by atoms with van der Waals surface area (Å²) in [6, 6.07) is 5.05. The van der Waals surface area contributed by atoms with E-state index in [1.807, 2.05) is 6.92 Å². The molecule has 1 amide bonds. The normalized spacial score (nSPS) is 13.7. The third-order valence-electron chi connectivity index (χ3n) is 6.68. The van der Waals surface area contributed by atoms with E-state index in [4.69, 9.17) is 9.47 Å². The Labute approximate surface area is 234 Å². The molecule has 0 bridgehead atoms. The predicted octanol–water partition coefficient (Wildman–Crippen LogP) is 6.04. The van der Waals surface area contributed by atoms with Crippen LogP contribution in [0.1, 0.15) is 49.9 Å². The highest BCUT2D eigenvalue weighted by molar-refractivity contribution is 7.91. The molecule has 0 spiro atoms. The monoisotopic (exact) mass is 582 g/mol. The third-order valence-corrected chi connectivity index (χ3v) is 9.30. The van der Waals surface area contributed by atoms with Crippen LogP contribution < -0.4 is 5.32 Å². The van der Waals surface area contributed by atoms with E-state index < -0.39 is 27.3 Å². The Kier molecular flexibility index (Phi) is 7.02. The summed E-state index contributed by atoms with van der Waals surface area (Å²) in [4.78, 5) is 21.2. The van der Waals surface area contributed by atoms with Crippen LogP contribution in [0.3, 0.4) is 0 Å². The highest BCUT2D eigenvalue weighted by Crippen LogP contribution is 2.46. The van der Waals surface area contributed by atoms with Crippen molar-refractivity contribution in [2.75, 3.05) is 17.7 Å². The first-order valence-corrected chi connectivity index (χ1v) is 15.1. The number of nitriles is 1. The van der Waals surface area contributed by atoms with Crippen LogP contribution in [-0.4, -0.2) is 42.4 Å². The molecule has 0 saturated heterocycles. The Morgan fingerprint density at radius 3 is 2.73 bits per heavy atom. The van der Waals surface area contributed by atoms with E-state index in [1.165, 1.54) is 13.0 Å². The van der Waals surface area contributed by atoms with Gasteiger partial charge in [-0.3, -0.25) is 5.32 Å². The van der Waals surface area contributed by atoms with Crippen LogP contribution in [0.5, 0.6) is 0 Å². The number of sulfone groups is 1. The molecule has 208 valence electrons. The summed E-state index contributed by atoms with van der Waals surface area (Å²) in [6.07, 6.45) is 1.33. The first kappa shape index (κ1) is 27.9. The van der Waals surface area contributed by atoms with Gasteiger partial charge in [0, 0.05) is 17.0 Å². The van der Waals surface area contributed by atoms with E-state index in [-0.39, 0.29) is 32.8 Å². The molecule has 3 heterocycles. The SMILES string of the molecule is CCS(=O)(=O)c1ncc2c3c(c(-c4ccc(F)c5sc(NC(=O)OC(C)(C)C)c(C#N)c45)c(C)c2n1)COCC3. The molecular weight excluding hydrogens is 555 g/mol. The second-order valence-corrected chi connectivity index (χ2v) is 13.6. The van der Waals surface area contributed by atoms with E-state index in [0.29, 0.717) is 40.6 Å². The summed E-state index contributed by atoms with van der Waals surface area (Å²) >= 11 is 0.948. The van der Waals surface area contributed by atoms with Gasteiger partial charge in [0.05, 0.1) is 34.7 Å². The van der Waals surface area contributed by atoms with Gasteiger partial charge in [0.1, 0.15) is 22.5 Å². The van der Waals surface area contributed by atoms with E-state index in [0.717, 1.165) is 27.8 Å². The number of amides is 1. The molecule has 1 aliphatic heterocycles. The smallest absolute Gasteiger partial charge is 0.412 e. The molecule has 0 unspecified atom stereocenters. The lowest BCUT2D eigenvalue weighted by molar-refractivity contribution is 0.0636. The lowest BCUT2D eigenvalue weighted by Gasteiger charge is -2.25. The maximum absolute atomic E-state index is 15.2. The number of benzene rings is 2. The van der Waals surface area contributed by atoms with Crippen LogP contribution in [0.4, 0.5) is 14.2 Å². The maximum Gasteiger partial charge on any atom is 0.412 e. The molecule has 0 atom stereocenters. The molecule has 0 saturated carbocycles. The van der Waals surface area contributed by atoms with Gasteiger partial charge in [-0.25, -0.2) is 27.6 Å². The zero-order valence-electron chi connectivity index (χ0n) is 22.6. The number of thiophene rings is 1. The summed E-state index contributed by atoms with van der Waals surface area (Å²) in [7, 11) is -3.67. The molecule has 2 aromatic carbocycles. The van der Waals surface area contributed by atoms with Crippen molar-refractivity contribution in [2.45, 2.75) is 58.4 Å². The van der Waals surface area contributed by atoms with Crippen molar-refractivity contribution in [1.82, 2.24) is 9.97 Å². The van der Waals surface area contributed by atoms with Crippen LogP contribution in [0, 0.1) is 24.1 Å². The van der Waals surface area contributed by atoms with Crippen molar-refractivity contribution >= 4 is 53.3 Å². The van der Waals surface area contributed by atoms with Crippen LogP contribution in [0.15, 0.2) is 23.5 Å². The average molecular weight is 583 g/mol. The van der Waals surface area contributed by atoms with Crippen molar-refractivity contribution in [3.8, 4) is 17.2 Å². The quantitative estimate of drug-likeness (QED) is 0.288. The number of carbonyl (C=O) groups is 1. The van der Waals surface area contributed by atoms with E-state index in [1.54, 1.807) is 33.0 Å². The molecule has 5 rings (SSSR count). The van der Waals surface area contributed by atoms with E-state index in [9.17, 15) is 18.5 Å². The van der Waals surface area contributed by atoms with Crippen LogP contribution in [0.2, 0.25) is 0 Å². The minimum absolute atomic E-state index is 0.0993. The number of rotatable bonds is 4. The van der Waals surface area contributed by atoms with Gasteiger partial charge in [0.25, 0.3) is 0 Å². The summed E-state index contributed by atoms with van der Waals surface area (Å²) in [5.41, 5.74) is 3.45. The number of fused-ring (bicyclic) bond motifs is 4. The summed E-state index contributed by atoms with van der Waals surface area (Å²) < 4.78 is 51.7. The molecule has 12 heteroatoms. The van der Waals surface area contributed by atoms with Crippen LogP contribution in [-0.2, 0) is 32.3 Å². The predicted molar refractivity (Wildman–Crippen MR) is 151 cm³/mol. The highest BCUT2D eigenvalue weighted by Gasteiger charge is 2.28. The molecule has 9 nitrogen and oxygen atoms in total. The van der Waals surface area contributed by atoms with Crippen molar-refractivity contribution in [3.63, 3.8) is 0 Å². The van der Waals surface area contributed by atoms with Crippen molar-refractivity contribution < 1.29 is 27.1 Å². The van der Waals surface area contributed by atoms with Gasteiger partial charge < -0.3 is 9.47 Å². The Morgan fingerprint density at radius 1 is 1.30 bits per heavy atom. The molecule has 0 fully saturated rings. The van der Waals surface area contributed by atoms with Crippen molar-refractivity contribution in [3.05, 3.63) is 46.4 Å². The topological polar surface area (TPSA) is 131 Å². The van der Waals surface area contributed by atoms with Gasteiger partial charge in [0.15, 0.2) is 0 Å². The van der Waals surface area contributed by atoms with Gasteiger partial charge >= 0.3 is 6.09 Å². The fourth-order valence-corrected chi connectivity index (χ4v) is 6.71. The third kappa shape index (κ3) is 4.78. The zero-order valence-corrected chi connectivity index (χ0v) is 24.3. The number of halogens is 1. The maximum atomic E-state index is 15.2. The van der Waals surface area contributed by atoms with Gasteiger partial charge in [-0.2, -0.15) is 5.26 Å². The zero-order chi connectivity index (χ0) is 29.0. The van der Waals surface area contributed by atoms with Crippen molar-refractivity contribution in [2.24, 2.45) is 0 Å². The molecular formula is C28H27FN4O5S2. The van der Waals surface area contributed by atoms with Crippen LogP contribution in [0.25, 0.3) is 32.1 Å². The molecule has 2 aromatic heterocycles. The highest BCUT2D eigenvalue weighted by atomic mass is 32.2. The van der Waals surface area contributed by atoms with E-state index in [2.05, 4.69) is 21.4 Å². The molecule has 0 aliphatic carbocycles. The molecule has 0 radical (unpaired) electrons. The summed E-state index contributed by atoms with van der Waals surface area (Å²) in [5, 5.41) is 13.8. The number of anilines is 1. The lowest BCUT2D eigenvalue weighted by atomic mass is 9.85. The van der Waals surface area contributed by atoms with Gasteiger partial charge in [-0.1, -0.05) is 13.0 Å². The largest absolute Gasteiger partial charge is 0.444 e. The Balaban J connectivity index is 1.81. The molecule has 1 aliphatic rings. The standard InChI is InChI=1S/C28H27FN4O5S2/c1-6-40(35,36)26-31-12-18-15-9-10-37-13-19(15)21(14(2)23(18)32-26)16-7-8-20(29)24-22(16)17(11-30)25(39-24)33-27(34)38-28(3,4)5/h7-8,12H,6,9-10,13H2,1-5H3,(H,33,34). The fraction of sp³-hybridized carbons (Fsp3) is 0.357. The van der Waals surface area contributed by atoms with Crippen molar-refractivity contribution in [1.29, 1.82) is 5.26 Å². The number of hydrogen-bond acceptors (Lipinski definition) is 9. The Bertz CT molecular complexity index is 1850. The number of carbonyl (C=O) groups excluding carboxylic acids is 1. The van der Waals surface area contributed by atoms with E-state index >= 15 is 4.39 Å². The second kappa shape index (κ2) is 10.1. The minimum atomic E-state index is -3.67. The number of hydrogen-bond donors (Lipinski definition) is 1. The molecule has 40 heavy (non-hydrogen) atoms. The number of aryl methyl sites for hydroxylation is 1. The molecule has 1 N–H and O–H groups in total. The second-order valence-electron chi connectivity index (χ2n) is 10.4. The first-order valence-electron chi connectivity index (χ1n) is 12.6. The number of aromatic nitrogens is 2. The molecule has 4 aromatic rings. The minimum Gasteiger partial charge on any atom is -0.444 e. The number of nitrogens with zero attached hydrogens (tertiary/aromatic N) is 3. The van der Waals surface area contributed by atoms with Gasteiger partial charge in [-0.15, -0.1) is 11.3 Å². The first-order chi connectivity index (χ1) is 18.9. The lowest BCUT2D eigenvalue weighted by Crippen LogP contribution is -2.27. The van der Waals surface area contributed by atoms with Gasteiger partial charge in [-0.05, 0) is 68.0 Å². The number of nitrogens with one attached hydrogen (secondary N) is 1.